The van der Waals surface area contributed by atoms with E-state index in [1.165, 1.54) is 11.3 Å². The van der Waals surface area contributed by atoms with Crippen LogP contribution in [0.3, 0.4) is 0 Å². The van der Waals surface area contributed by atoms with Crippen molar-refractivity contribution in [1.29, 1.82) is 0 Å². The smallest absolute Gasteiger partial charge is 0.252 e. The summed E-state index contributed by atoms with van der Waals surface area (Å²) in [7, 11) is 0. The Morgan fingerprint density at radius 1 is 1.26 bits per heavy atom. The van der Waals surface area contributed by atoms with Crippen LogP contribution in [-0.2, 0) is 4.79 Å². The van der Waals surface area contributed by atoms with Crippen molar-refractivity contribution < 1.29 is 15.0 Å². The number of rotatable bonds is 8. The fraction of sp³-hybridized carbons (Fsp3) is 0.529. The van der Waals surface area contributed by atoms with E-state index in [0.717, 1.165) is 29.5 Å². The zero-order valence-electron chi connectivity index (χ0n) is 13.5. The number of carbonyl (C=O) groups is 1. The largest absolute Gasteiger partial charge is 0.383 e. The van der Waals surface area contributed by atoms with E-state index in [4.69, 9.17) is 0 Å². The molecule has 1 amide bonds. The second kappa shape index (κ2) is 8.38. The van der Waals surface area contributed by atoms with Crippen LogP contribution in [0.1, 0.15) is 44.2 Å². The first-order chi connectivity index (χ1) is 11.0. The molecular formula is C17H24N2O3S. The monoisotopic (exact) mass is 336 g/mol. The number of hydrogen-bond acceptors (Lipinski definition) is 5. The number of aliphatic hydroxyl groups is 2. The Labute approximate surface area is 140 Å². The van der Waals surface area contributed by atoms with E-state index < -0.39 is 18.1 Å². The molecule has 2 aromatic rings. The molecule has 1 heterocycles. The van der Waals surface area contributed by atoms with Crippen LogP contribution in [0.15, 0.2) is 24.3 Å². The van der Waals surface area contributed by atoms with Gasteiger partial charge in [0.15, 0.2) is 6.10 Å². The van der Waals surface area contributed by atoms with Gasteiger partial charge in [0.25, 0.3) is 5.91 Å². The van der Waals surface area contributed by atoms with Crippen LogP contribution in [0, 0.1) is 5.92 Å². The van der Waals surface area contributed by atoms with Crippen molar-refractivity contribution in [1.82, 2.24) is 10.3 Å². The van der Waals surface area contributed by atoms with E-state index in [2.05, 4.69) is 24.1 Å². The molecule has 5 nitrogen and oxygen atoms in total. The number of thiazole rings is 1. The van der Waals surface area contributed by atoms with Gasteiger partial charge in [-0.25, -0.2) is 4.98 Å². The Balaban J connectivity index is 1.85. The Morgan fingerprint density at radius 3 is 2.70 bits per heavy atom. The number of aliphatic hydroxyl groups excluding tert-OH is 2. The highest BCUT2D eigenvalue weighted by Gasteiger charge is 2.28. The van der Waals surface area contributed by atoms with Gasteiger partial charge >= 0.3 is 0 Å². The third-order valence-corrected chi connectivity index (χ3v) is 4.75. The van der Waals surface area contributed by atoms with Crippen molar-refractivity contribution in [3.05, 3.63) is 29.3 Å². The van der Waals surface area contributed by atoms with Gasteiger partial charge in [-0.3, -0.25) is 4.79 Å². The highest BCUT2D eigenvalue weighted by molar-refractivity contribution is 7.18. The number of nitrogens with zero attached hydrogens (tertiary/aromatic N) is 1. The first-order valence-electron chi connectivity index (χ1n) is 7.98. The van der Waals surface area contributed by atoms with Crippen molar-refractivity contribution in [2.75, 3.05) is 6.54 Å². The lowest BCUT2D eigenvalue weighted by Crippen LogP contribution is -2.38. The average molecular weight is 336 g/mol. The molecule has 2 rings (SSSR count). The molecule has 0 aliphatic rings. The molecule has 0 fully saturated rings. The number of unbranched alkanes of at least 4 members (excludes halogenated alkanes) is 1. The number of amides is 1. The lowest BCUT2D eigenvalue weighted by molar-refractivity contribution is -0.135. The highest BCUT2D eigenvalue weighted by atomic mass is 32.1. The molecule has 6 heteroatoms. The normalized spacial score (nSPS) is 14.1. The first-order valence-corrected chi connectivity index (χ1v) is 8.80. The molecule has 0 saturated carbocycles. The van der Waals surface area contributed by atoms with Gasteiger partial charge in [-0.2, -0.15) is 0 Å². The summed E-state index contributed by atoms with van der Waals surface area (Å²) in [5.74, 6) is 0.0958. The van der Waals surface area contributed by atoms with Gasteiger partial charge in [0.1, 0.15) is 11.1 Å². The second-order valence-electron chi connectivity index (χ2n) is 6.09. The average Bonchev–Trinajstić information content (AvgIpc) is 2.96. The van der Waals surface area contributed by atoms with Gasteiger partial charge in [-0.15, -0.1) is 11.3 Å². The Hall–Kier alpha value is -1.50. The summed E-state index contributed by atoms with van der Waals surface area (Å²) in [4.78, 5) is 16.2. The van der Waals surface area contributed by atoms with Crippen LogP contribution in [0.4, 0.5) is 0 Å². The topological polar surface area (TPSA) is 82.5 Å². The number of para-hydroxylation sites is 1. The molecule has 1 aromatic carbocycles. The van der Waals surface area contributed by atoms with Crippen LogP contribution >= 0.6 is 11.3 Å². The molecule has 2 unspecified atom stereocenters. The minimum atomic E-state index is -1.50. The second-order valence-corrected chi connectivity index (χ2v) is 7.15. The molecule has 0 aliphatic heterocycles. The number of carbonyl (C=O) groups excluding carboxylic acids is 1. The van der Waals surface area contributed by atoms with Crippen molar-refractivity contribution in [2.45, 2.75) is 45.3 Å². The van der Waals surface area contributed by atoms with Gasteiger partial charge < -0.3 is 15.5 Å². The Kier molecular flexibility index (Phi) is 6.50. The summed E-state index contributed by atoms with van der Waals surface area (Å²) in [5, 5.41) is 23.2. The number of benzene rings is 1. The maximum Gasteiger partial charge on any atom is 0.252 e. The molecule has 0 saturated heterocycles. The Bertz CT molecular complexity index is 609. The predicted molar refractivity (Wildman–Crippen MR) is 92.3 cm³/mol. The summed E-state index contributed by atoms with van der Waals surface area (Å²) in [6.07, 6.45) is 0.221. The fourth-order valence-corrected chi connectivity index (χ4v) is 3.27. The molecule has 2 atom stereocenters. The third kappa shape index (κ3) is 4.99. The van der Waals surface area contributed by atoms with E-state index in [1.54, 1.807) is 0 Å². The van der Waals surface area contributed by atoms with Crippen LogP contribution in [0.2, 0.25) is 0 Å². The van der Waals surface area contributed by atoms with Gasteiger partial charge in [-0.05, 0) is 24.5 Å². The number of aromatic nitrogens is 1. The van der Waals surface area contributed by atoms with Crippen molar-refractivity contribution >= 4 is 27.5 Å². The third-order valence-electron chi connectivity index (χ3n) is 3.64. The van der Waals surface area contributed by atoms with Crippen LogP contribution in [0.5, 0.6) is 0 Å². The molecule has 23 heavy (non-hydrogen) atoms. The number of hydrogen-bond donors (Lipinski definition) is 3. The van der Waals surface area contributed by atoms with E-state index in [-0.39, 0.29) is 0 Å². The van der Waals surface area contributed by atoms with Crippen LogP contribution in [0.25, 0.3) is 10.2 Å². The maximum absolute atomic E-state index is 11.9. The highest BCUT2D eigenvalue weighted by Crippen LogP contribution is 2.27. The minimum absolute atomic E-state index is 0.355. The van der Waals surface area contributed by atoms with Crippen molar-refractivity contribution in [2.24, 2.45) is 5.92 Å². The maximum atomic E-state index is 11.9. The van der Waals surface area contributed by atoms with Crippen molar-refractivity contribution in [3.8, 4) is 0 Å². The summed E-state index contributed by atoms with van der Waals surface area (Å²) in [6, 6.07) is 7.48. The summed E-state index contributed by atoms with van der Waals surface area (Å²) < 4.78 is 0.919. The van der Waals surface area contributed by atoms with Gasteiger partial charge in [-0.1, -0.05) is 38.8 Å². The number of fused-ring (bicyclic) bond motifs is 1. The summed E-state index contributed by atoms with van der Waals surface area (Å²) in [5.41, 5.74) is 0.757. The lowest BCUT2D eigenvalue weighted by atomic mass is 10.1. The lowest BCUT2D eigenvalue weighted by Gasteiger charge is -2.15. The quantitative estimate of drug-likeness (QED) is 0.647. The minimum Gasteiger partial charge on any atom is -0.383 e. The van der Waals surface area contributed by atoms with Gasteiger partial charge in [0, 0.05) is 6.54 Å². The molecule has 126 valence electrons. The van der Waals surface area contributed by atoms with E-state index in [9.17, 15) is 15.0 Å². The van der Waals surface area contributed by atoms with Gasteiger partial charge in [0.2, 0.25) is 0 Å². The number of nitrogens with one attached hydrogen (secondary N) is 1. The van der Waals surface area contributed by atoms with Crippen LogP contribution in [-0.4, -0.2) is 33.8 Å². The Morgan fingerprint density at radius 2 is 2.00 bits per heavy atom. The van der Waals surface area contributed by atoms with E-state index in [1.807, 2.05) is 24.3 Å². The zero-order chi connectivity index (χ0) is 16.8. The molecule has 0 radical (unpaired) electrons. The summed E-state index contributed by atoms with van der Waals surface area (Å²) in [6.45, 7) is 4.84. The molecule has 0 aliphatic carbocycles. The molecule has 1 aromatic heterocycles. The predicted octanol–water partition coefficient (Wildman–Crippen LogP) is 2.63. The zero-order valence-corrected chi connectivity index (χ0v) is 14.3. The molecule has 3 N–H and O–H groups in total. The summed E-state index contributed by atoms with van der Waals surface area (Å²) >= 11 is 1.29. The first kappa shape index (κ1) is 17.8. The standard InChI is InChI=1S/C17H24N2O3S/c1-11(2)7-5-6-10-18-16(22)14(20)15(21)17-19-12-8-3-4-9-13(12)23-17/h3-4,8-9,11,14-15,20-21H,5-7,10H2,1-2H3,(H,18,22). The van der Waals surface area contributed by atoms with Crippen LogP contribution < -0.4 is 5.32 Å². The van der Waals surface area contributed by atoms with Gasteiger partial charge in [0.05, 0.1) is 10.2 Å². The molecule has 0 spiro atoms. The SMILES string of the molecule is CC(C)CCCCNC(=O)C(O)C(O)c1nc2ccccc2s1. The van der Waals surface area contributed by atoms with E-state index >= 15 is 0 Å². The van der Waals surface area contributed by atoms with E-state index in [0.29, 0.717) is 17.5 Å². The fourth-order valence-electron chi connectivity index (χ4n) is 2.29. The molecule has 0 bridgehead atoms. The van der Waals surface area contributed by atoms with Crippen molar-refractivity contribution in [3.63, 3.8) is 0 Å². The molecular weight excluding hydrogens is 312 g/mol.